The lowest BCUT2D eigenvalue weighted by molar-refractivity contribution is -0.134. The molecule has 230 valence electrons. The Hall–Kier alpha value is -2.17. The van der Waals surface area contributed by atoms with Crippen LogP contribution in [-0.4, -0.2) is 47.9 Å². The average Bonchev–Trinajstić information content (AvgIpc) is 2.83. The van der Waals surface area contributed by atoms with Gasteiger partial charge >= 0.3 is 11.9 Å². The van der Waals surface area contributed by atoms with Crippen molar-refractivity contribution in [1.82, 2.24) is 0 Å². The lowest BCUT2D eigenvalue weighted by atomic mass is 9.93. The monoisotopic (exact) mass is 602 g/mol. The molecule has 0 radical (unpaired) electrons. The summed E-state index contributed by atoms with van der Waals surface area (Å²) in [5.74, 6) is -0.0416. The van der Waals surface area contributed by atoms with Crippen LogP contribution in [0, 0.1) is 5.92 Å². The van der Waals surface area contributed by atoms with Gasteiger partial charge in [-0.15, -0.1) is 0 Å². The van der Waals surface area contributed by atoms with Gasteiger partial charge < -0.3 is 18.3 Å². The minimum atomic E-state index is -2.23. The molecule has 6 nitrogen and oxygen atoms in total. The van der Waals surface area contributed by atoms with E-state index in [1.165, 1.54) is 13.2 Å². The van der Waals surface area contributed by atoms with Gasteiger partial charge in [0.25, 0.3) is 8.32 Å². The summed E-state index contributed by atoms with van der Waals surface area (Å²) >= 11 is 0. The van der Waals surface area contributed by atoms with Gasteiger partial charge in [-0.1, -0.05) is 78.8 Å². The van der Waals surface area contributed by atoms with Crippen LogP contribution in [0.1, 0.15) is 83.7 Å². The molecule has 41 heavy (non-hydrogen) atoms. The Bertz CT molecular complexity index is 1110. The molecule has 0 saturated heterocycles. The van der Waals surface area contributed by atoms with E-state index in [0.717, 1.165) is 12.0 Å². The van der Waals surface area contributed by atoms with E-state index in [1.54, 1.807) is 6.08 Å². The third-order valence-electron chi connectivity index (χ3n) is 9.01. The van der Waals surface area contributed by atoms with Crippen molar-refractivity contribution < 1.29 is 27.9 Å². The number of hydrogen-bond donors (Lipinski definition) is 0. The molecule has 1 heterocycles. The first kappa shape index (κ1) is 35.0. The molecule has 0 fully saturated rings. The summed E-state index contributed by atoms with van der Waals surface area (Å²) in [4.78, 5) is 25.8. The minimum Gasteiger partial charge on any atom is -0.543 e. The van der Waals surface area contributed by atoms with E-state index in [-0.39, 0.29) is 22.1 Å². The smallest absolute Gasteiger partial charge is 0.342 e. The first-order chi connectivity index (χ1) is 18.8. The highest BCUT2D eigenvalue weighted by Gasteiger charge is 2.42. The van der Waals surface area contributed by atoms with Crippen molar-refractivity contribution in [2.24, 2.45) is 5.92 Å². The topological polar surface area (TPSA) is 71.1 Å². The molecular weight excluding hydrogens is 549 g/mol. The Balaban J connectivity index is 2.57. The number of cyclic esters (lactones) is 1. The number of allylic oxidation sites excluding steroid dienone is 2. The predicted molar refractivity (Wildman–Crippen MR) is 173 cm³/mol. The van der Waals surface area contributed by atoms with Crippen molar-refractivity contribution in [3.63, 3.8) is 0 Å². The van der Waals surface area contributed by atoms with E-state index in [1.807, 2.05) is 18.2 Å². The quantitative estimate of drug-likeness (QED) is 0.135. The van der Waals surface area contributed by atoms with Crippen LogP contribution in [0.15, 0.2) is 42.5 Å². The van der Waals surface area contributed by atoms with Gasteiger partial charge in [0.15, 0.2) is 8.32 Å². The standard InChI is InChI=1S/C33H54O6Si2/c1-24-17-13-14-18-25-19-15-21-27(38-40(9,10)32(2,3)4)30(25)31(35)37-26(20-16-22-29(34)36-8)23-28(24)39-41(11,12)33(5,6)7/h13-16,19,21-22,24,26,28H,17-18,20,23H2,1-12H3/b14-13+,22-16+/t24-,26-,28+/m0/s1. The van der Waals surface area contributed by atoms with Gasteiger partial charge in [0.05, 0.1) is 13.2 Å². The molecule has 0 amide bonds. The van der Waals surface area contributed by atoms with Crippen molar-refractivity contribution in [1.29, 1.82) is 0 Å². The van der Waals surface area contributed by atoms with E-state index in [9.17, 15) is 9.59 Å². The molecule has 0 unspecified atom stereocenters. The second kappa shape index (κ2) is 13.9. The van der Waals surface area contributed by atoms with E-state index < -0.39 is 34.7 Å². The van der Waals surface area contributed by atoms with Crippen molar-refractivity contribution in [3.8, 4) is 5.75 Å². The zero-order valence-electron chi connectivity index (χ0n) is 27.6. The average molecular weight is 603 g/mol. The summed E-state index contributed by atoms with van der Waals surface area (Å²) in [6, 6.07) is 5.81. The SMILES string of the molecule is COC(=O)/C=C/C[C@H]1C[C@@H](O[Si](C)(C)C(C)(C)C)[C@@H](C)C/C=C/Cc2cccc(O[Si](C)(C)C(C)(C)C)c2C(=O)O1. The van der Waals surface area contributed by atoms with Gasteiger partial charge in [-0.05, 0) is 66.7 Å². The highest BCUT2D eigenvalue weighted by Crippen LogP contribution is 2.41. The molecule has 2 rings (SSSR count). The molecule has 3 atom stereocenters. The predicted octanol–water partition coefficient (Wildman–Crippen LogP) is 8.63. The van der Waals surface area contributed by atoms with Crippen molar-refractivity contribution in [2.45, 2.75) is 123 Å². The van der Waals surface area contributed by atoms with Crippen molar-refractivity contribution in [2.75, 3.05) is 7.11 Å². The summed E-state index contributed by atoms with van der Waals surface area (Å²) in [5, 5.41) is 0.00864. The first-order valence-electron chi connectivity index (χ1n) is 14.9. The van der Waals surface area contributed by atoms with Crippen molar-refractivity contribution >= 4 is 28.6 Å². The van der Waals surface area contributed by atoms with Crippen LogP contribution < -0.4 is 4.43 Å². The third-order valence-corrected chi connectivity index (χ3v) is 17.9. The molecule has 1 aromatic rings. The second-order valence-corrected chi connectivity index (χ2v) is 23.9. The van der Waals surface area contributed by atoms with Crippen LogP contribution in [0.25, 0.3) is 0 Å². The molecule has 0 aliphatic carbocycles. The maximum absolute atomic E-state index is 14.0. The number of esters is 2. The maximum atomic E-state index is 14.0. The number of hydrogen-bond acceptors (Lipinski definition) is 6. The van der Waals surface area contributed by atoms with Crippen LogP contribution in [0.5, 0.6) is 5.75 Å². The Morgan fingerprint density at radius 1 is 1.02 bits per heavy atom. The number of carbonyl (C=O) groups is 2. The summed E-state index contributed by atoms with van der Waals surface area (Å²) < 4.78 is 24.7. The number of methoxy groups -OCH3 is 1. The van der Waals surface area contributed by atoms with Crippen LogP contribution in [-0.2, 0) is 25.1 Å². The summed E-state index contributed by atoms with van der Waals surface area (Å²) in [6.45, 7) is 24.3. The lowest BCUT2D eigenvalue weighted by Gasteiger charge is -2.41. The zero-order chi connectivity index (χ0) is 31.2. The molecule has 0 N–H and O–H groups in total. The number of carbonyl (C=O) groups excluding carboxylic acids is 2. The highest BCUT2D eigenvalue weighted by molar-refractivity contribution is 6.75. The lowest BCUT2D eigenvalue weighted by Crippen LogP contribution is -2.46. The van der Waals surface area contributed by atoms with Crippen molar-refractivity contribution in [3.05, 3.63) is 53.6 Å². The van der Waals surface area contributed by atoms with E-state index in [0.29, 0.717) is 30.6 Å². The number of benzene rings is 1. The summed E-state index contributed by atoms with van der Waals surface area (Å²) in [5.41, 5.74) is 1.37. The van der Waals surface area contributed by atoms with Gasteiger partial charge in [-0.2, -0.15) is 0 Å². The Morgan fingerprint density at radius 2 is 1.66 bits per heavy atom. The van der Waals surface area contributed by atoms with Gasteiger partial charge in [0.1, 0.15) is 17.4 Å². The molecule has 8 heteroatoms. The normalized spacial score (nSPS) is 22.2. The number of ether oxygens (including phenoxy) is 2. The van der Waals surface area contributed by atoms with Crippen LogP contribution in [0.4, 0.5) is 0 Å². The highest BCUT2D eigenvalue weighted by atomic mass is 28.4. The van der Waals surface area contributed by atoms with Crippen LogP contribution in [0.3, 0.4) is 0 Å². The first-order valence-corrected chi connectivity index (χ1v) is 20.7. The molecule has 1 aliphatic heterocycles. The van der Waals surface area contributed by atoms with Gasteiger partial charge in [-0.3, -0.25) is 0 Å². The fourth-order valence-electron chi connectivity index (χ4n) is 4.16. The van der Waals surface area contributed by atoms with Crippen LogP contribution >= 0.6 is 0 Å². The fraction of sp³-hybridized carbons (Fsp3) is 0.636. The maximum Gasteiger partial charge on any atom is 0.342 e. The molecule has 0 spiro atoms. The Morgan fingerprint density at radius 3 is 2.24 bits per heavy atom. The molecule has 0 saturated carbocycles. The van der Waals surface area contributed by atoms with Gasteiger partial charge in [-0.25, -0.2) is 9.59 Å². The Kier molecular flexibility index (Phi) is 11.9. The van der Waals surface area contributed by atoms with E-state index >= 15 is 0 Å². The molecule has 1 aromatic carbocycles. The van der Waals surface area contributed by atoms with Crippen LogP contribution in [0.2, 0.25) is 36.3 Å². The van der Waals surface area contributed by atoms with E-state index in [4.69, 9.17) is 18.3 Å². The molecular formula is C33H54O6Si2. The second-order valence-electron chi connectivity index (χ2n) is 14.4. The number of fused-ring (bicyclic) bond motifs is 1. The minimum absolute atomic E-state index is 0.0312. The largest absolute Gasteiger partial charge is 0.543 e. The number of rotatable bonds is 7. The third kappa shape index (κ3) is 9.68. The fourth-order valence-corrected chi connectivity index (χ4v) is 6.63. The summed E-state index contributed by atoms with van der Waals surface area (Å²) in [7, 11) is -2.99. The van der Waals surface area contributed by atoms with Gasteiger partial charge in [0, 0.05) is 18.9 Å². The van der Waals surface area contributed by atoms with E-state index in [2.05, 4.69) is 86.8 Å². The Labute approximate surface area is 251 Å². The summed E-state index contributed by atoms with van der Waals surface area (Å²) in [6.07, 6.45) is 9.22. The van der Waals surface area contributed by atoms with Gasteiger partial charge in [0.2, 0.25) is 0 Å². The molecule has 0 aromatic heterocycles. The molecule has 0 bridgehead atoms. The zero-order valence-corrected chi connectivity index (χ0v) is 29.6. The molecule has 1 aliphatic rings.